The first-order valence-corrected chi connectivity index (χ1v) is 12.2. The fourth-order valence-corrected chi connectivity index (χ4v) is 8.29. The molecule has 32 heavy (non-hydrogen) atoms. The molecule has 3 heterocycles. The highest BCUT2D eigenvalue weighted by atomic mass is 16.5. The van der Waals surface area contributed by atoms with Gasteiger partial charge in [-0.1, -0.05) is 5.11 Å². The molecule has 7 rings (SSSR count). The fraction of sp³-hybridized carbons (Fsp3) is 0.760. The Morgan fingerprint density at radius 2 is 1.88 bits per heavy atom. The molecule has 5 fully saturated rings. The van der Waals surface area contributed by atoms with Crippen LogP contribution >= 0.6 is 0 Å². The summed E-state index contributed by atoms with van der Waals surface area (Å²) in [6, 6.07) is 4.00. The number of hydrogen-bond acceptors (Lipinski definition) is 5. The van der Waals surface area contributed by atoms with Gasteiger partial charge in [-0.05, 0) is 100 Å². The molecule has 0 spiro atoms. The van der Waals surface area contributed by atoms with E-state index in [0.717, 1.165) is 55.4 Å². The Labute approximate surface area is 188 Å². The summed E-state index contributed by atoms with van der Waals surface area (Å²) in [6.07, 6.45) is 7.01. The van der Waals surface area contributed by atoms with Gasteiger partial charge in [0.15, 0.2) is 0 Å². The molecule has 3 aliphatic carbocycles. The fourth-order valence-electron chi connectivity index (χ4n) is 8.29. The minimum Gasteiger partial charge on any atom is -0.508 e. The number of nitrogens with zero attached hydrogens (tertiary/aromatic N) is 3. The van der Waals surface area contributed by atoms with Gasteiger partial charge >= 0.3 is 0 Å². The second-order valence-electron chi connectivity index (χ2n) is 11.7. The van der Waals surface area contributed by atoms with Crippen molar-refractivity contribution in [2.24, 2.45) is 22.9 Å². The highest BCUT2D eigenvalue weighted by molar-refractivity contribution is 5.53. The zero-order valence-corrected chi connectivity index (χ0v) is 19.0. The Balaban J connectivity index is 1.42. The molecule has 7 heteroatoms. The van der Waals surface area contributed by atoms with Crippen molar-refractivity contribution in [2.45, 2.75) is 94.0 Å². The molecule has 6 aliphatic rings. The zero-order valence-electron chi connectivity index (χ0n) is 19.0. The van der Waals surface area contributed by atoms with Gasteiger partial charge in [0.25, 0.3) is 0 Å². The third-order valence-corrected chi connectivity index (χ3v) is 9.16. The van der Waals surface area contributed by atoms with Crippen molar-refractivity contribution >= 4 is 0 Å². The molecule has 4 bridgehead atoms. The summed E-state index contributed by atoms with van der Waals surface area (Å²) in [7, 11) is 0. The van der Waals surface area contributed by atoms with Gasteiger partial charge in [0, 0.05) is 22.3 Å². The van der Waals surface area contributed by atoms with Gasteiger partial charge in [0.2, 0.25) is 0 Å². The molecule has 2 saturated heterocycles. The number of aliphatic hydroxyl groups is 1. The van der Waals surface area contributed by atoms with Gasteiger partial charge in [0.05, 0.1) is 23.9 Å². The largest absolute Gasteiger partial charge is 0.508 e. The molecular formula is C25H33N3O4. The first-order valence-electron chi connectivity index (χ1n) is 12.2. The van der Waals surface area contributed by atoms with Crippen molar-refractivity contribution in [3.8, 4) is 11.5 Å². The van der Waals surface area contributed by atoms with E-state index in [9.17, 15) is 10.2 Å². The molecule has 2 N–H and O–H groups in total. The summed E-state index contributed by atoms with van der Waals surface area (Å²) < 4.78 is 13.4. The summed E-state index contributed by atoms with van der Waals surface area (Å²) in [5, 5.41) is 25.5. The molecule has 3 saturated carbocycles. The molecule has 1 aromatic rings. The second kappa shape index (κ2) is 6.78. The molecule has 1 aromatic carbocycles. The molecule has 5 atom stereocenters. The number of ether oxygens (including phenoxy) is 2. The lowest BCUT2D eigenvalue weighted by Gasteiger charge is -2.62. The topological polar surface area (TPSA) is 108 Å². The van der Waals surface area contributed by atoms with E-state index >= 15 is 0 Å². The maximum atomic E-state index is 11.3. The van der Waals surface area contributed by atoms with E-state index in [1.807, 2.05) is 6.07 Å². The molecular weight excluding hydrogens is 406 g/mol. The number of fused-ring (bicyclic) bond motifs is 3. The van der Waals surface area contributed by atoms with Crippen LogP contribution in [0.3, 0.4) is 0 Å². The van der Waals surface area contributed by atoms with E-state index in [1.165, 1.54) is 6.42 Å². The van der Waals surface area contributed by atoms with E-state index < -0.39 is 5.60 Å². The lowest BCUT2D eigenvalue weighted by molar-refractivity contribution is -0.276. The maximum Gasteiger partial charge on any atom is 0.127 e. The third kappa shape index (κ3) is 2.98. The third-order valence-electron chi connectivity index (χ3n) is 9.16. The normalized spacial score (nSPS) is 43.0. The minimum absolute atomic E-state index is 0.0974. The molecule has 7 nitrogen and oxygen atoms in total. The standard InChI is InChI=1S/C25H33N3O4/c1-23(2)19-4-3-17(29)8-18(19)22-20(30)6-16(7-21(22)31-23)25-11-14-5-15(12-25)10-24(9-14,32-25)13-27-28-26/h6-7,14-15,17-19,29-30H,3-5,8-13H2,1-2H3/t14?,15?,17-,18-,19-,24?,25?/m1/s1. The van der Waals surface area contributed by atoms with Gasteiger partial charge in [-0.15, -0.1) is 0 Å². The highest BCUT2D eigenvalue weighted by Gasteiger charge is 2.59. The van der Waals surface area contributed by atoms with Crippen molar-refractivity contribution in [1.29, 1.82) is 0 Å². The van der Waals surface area contributed by atoms with Crippen molar-refractivity contribution in [3.63, 3.8) is 0 Å². The Morgan fingerprint density at radius 1 is 1.12 bits per heavy atom. The van der Waals surface area contributed by atoms with Crippen LogP contribution < -0.4 is 4.74 Å². The van der Waals surface area contributed by atoms with E-state index in [4.69, 9.17) is 15.0 Å². The van der Waals surface area contributed by atoms with Gasteiger partial charge in [0.1, 0.15) is 17.1 Å². The SMILES string of the molecule is CC1(C)Oc2cc(C34CC5CC(CC(CN=[N+]=[N-])(C5)O3)C4)cc(O)c2[C@@H]2C[C@H](O)CC[C@H]21. The van der Waals surface area contributed by atoms with Crippen molar-refractivity contribution in [1.82, 2.24) is 0 Å². The van der Waals surface area contributed by atoms with Crippen LogP contribution in [0.25, 0.3) is 10.4 Å². The lowest BCUT2D eigenvalue weighted by Crippen LogP contribution is -2.60. The zero-order chi connectivity index (χ0) is 22.3. The van der Waals surface area contributed by atoms with Crippen LogP contribution in [-0.4, -0.2) is 34.1 Å². The van der Waals surface area contributed by atoms with Crippen LogP contribution in [0.5, 0.6) is 11.5 Å². The number of phenols is 1. The monoisotopic (exact) mass is 439 g/mol. The number of benzene rings is 1. The quantitative estimate of drug-likeness (QED) is 0.379. The number of aliphatic hydroxyl groups excluding tert-OH is 1. The number of hydrogen-bond donors (Lipinski definition) is 2. The molecule has 3 aliphatic heterocycles. The number of phenolic OH excluding ortho intramolecular Hbond substituents is 1. The smallest absolute Gasteiger partial charge is 0.127 e. The summed E-state index contributed by atoms with van der Waals surface area (Å²) >= 11 is 0. The molecule has 2 unspecified atom stereocenters. The van der Waals surface area contributed by atoms with Gasteiger partial charge in [-0.25, -0.2) is 0 Å². The Morgan fingerprint density at radius 3 is 2.59 bits per heavy atom. The molecule has 0 amide bonds. The summed E-state index contributed by atoms with van der Waals surface area (Å²) in [5.41, 5.74) is 9.55. The van der Waals surface area contributed by atoms with Crippen molar-refractivity contribution in [3.05, 3.63) is 33.7 Å². The average Bonchev–Trinajstić information content (AvgIpc) is 2.70. The number of aromatic hydroxyl groups is 1. The maximum absolute atomic E-state index is 11.3. The first-order chi connectivity index (χ1) is 15.2. The van der Waals surface area contributed by atoms with Crippen LogP contribution in [0.1, 0.15) is 82.3 Å². The van der Waals surface area contributed by atoms with Gasteiger partial charge < -0.3 is 19.7 Å². The van der Waals surface area contributed by atoms with Crippen molar-refractivity contribution < 1.29 is 19.7 Å². The average molecular weight is 440 g/mol. The number of rotatable bonds is 3. The predicted molar refractivity (Wildman–Crippen MR) is 118 cm³/mol. The summed E-state index contributed by atoms with van der Waals surface area (Å²) in [6.45, 7) is 4.64. The molecule has 172 valence electrons. The first kappa shape index (κ1) is 20.6. The van der Waals surface area contributed by atoms with E-state index in [-0.39, 0.29) is 34.9 Å². The highest BCUT2D eigenvalue weighted by Crippen LogP contribution is 2.63. The second-order valence-corrected chi connectivity index (χ2v) is 11.7. The van der Waals surface area contributed by atoms with Crippen LogP contribution in [0.15, 0.2) is 17.2 Å². The Kier molecular flexibility index (Phi) is 4.38. The van der Waals surface area contributed by atoms with Crippen LogP contribution in [0.2, 0.25) is 0 Å². The van der Waals surface area contributed by atoms with E-state index in [1.54, 1.807) is 0 Å². The molecule has 0 aromatic heterocycles. The van der Waals surface area contributed by atoms with E-state index in [2.05, 4.69) is 29.9 Å². The van der Waals surface area contributed by atoms with Crippen LogP contribution in [0.4, 0.5) is 0 Å². The van der Waals surface area contributed by atoms with Crippen molar-refractivity contribution in [2.75, 3.05) is 6.54 Å². The van der Waals surface area contributed by atoms with E-state index in [0.29, 0.717) is 24.8 Å². The molecule has 0 radical (unpaired) electrons. The lowest BCUT2D eigenvalue weighted by atomic mass is 9.56. The summed E-state index contributed by atoms with van der Waals surface area (Å²) in [4.78, 5) is 3.00. The minimum atomic E-state index is -0.460. The Bertz CT molecular complexity index is 987. The predicted octanol–water partition coefficient (Wildman–Crippen LogP) is 5.29. The van der Waals surface area contributed by atoms with Crippen LogP contribution in [-0.2, 0) is 10.3 Å². The Hall–Kier alpha value is -1.95. The van der Waals surface area contributed by atoms with Gasteiger partial charge in [-0.2, -0.15) is 0 Å². The van der Waals surface area contributed by atoms with Gasteiger partial charge in [-0.3, -0.25) is 0 Å². The van der Waals surface area contributed by atoms with Crippen LogP contribution in [0, 0.1) is 17.8 Å². The summed E-state index contributed by atoms with van der Waals surface area (Å²) in [5.74, 6) is 2.49. The number of azide groups is 1.